The van der Waals surface area contributed by atoms with Crippen LogP contribution in [0.15, 0.2) is 18.2 Å². The first-order chi connectivity index (χ1) is 9.00. The summed E-state index contributed by atoms with van der Waals surface area (Å²) in [6, 6.07) is 5.36. The van der Waals surface area contributed by atoms with E-state index in [4.69, 9.17) is 10.00 Å². The number of benzene rings is 1. The van der Waals surface area contributed by atoms with Crippen LogP contribution in [0.4, 0.5) is 10.1 Å². The normalized spacial score (nSPS) is 19.1. The van der Waals surface area contributed by atoms with Crippen LogP contribution in [0.3, 0.4) is 0 Å². The fraction of sp³-hybridized carbons (Fsp3) is 0.417. The molecule has 1 saturated heterocycles. The Hall–Kier alpha value is -1.65. The van der Waals surface area contributed by atoms with Gasteiger partial charge in [-0.05, 0) is 31.0 Å². The first kappa shape index (κ1) is 13.8. The van der Waals surface area contributed by atoms with E-state index < -0.39 is 15.8 Å². The molecule has 7 heteroatoms. The average molecular weight is 284 g/mol. The molecule has 1 aromatic rings. The number of ether oxygens (including phenoxy) is 1. The van der Waals surface area contributed by atoms with Crippen LogP contribution in [0.1, 0.15) is 18.4 Å². The standard InChI is InChI=1S/C12H13FN2O3S/c13-11-6-9(7-14)3-4-12(11)15-19(16,17)8-10-2-1-5-18-10/h3-4,6,10,15H,1-2,5,8H2. The van der Waals surface area contributed by atoms with Crippen LogP contribution in [0.25, 0.3) is 0 Å². The second kappa shape index (κ2) is 5.55. The highest BCUT2D eigenvalue weighted by Crippen LogP contribution is 2.19. The van der Waals surface area contributed by atoms with Gasteiger partial charge >= 0.3 is 0 Å². The number of nitriles is 1. The SMILES string of the molecule is N#Cc1ccc(NS(=O)(=O)CC2CCCO2)c(F)c1. The Balaban J connectivity index is 2.09. The fourth-order valence-corrected chi connectivity index (χ4v) is 3.23. The van der Waals surface area contributed by atoms with Crippen molar-refractivity contribution in [2.75, 3.05) is 17.1 Å². The smallest absolute Gasteiger partial charge is 0.235 e. The van der Waals surface area contributed by atoms with Gasteiger partial charge < -0.3 is 4.74 Å². The molecule has 1 aliphatic rings. The summed E-state index contributed by atoms with van der Waals surface area (Å²) < 4.78 is 44.7. The molecule has 1 aromatic carbocycles. The van der Waals surface area contributed by atoms with Crippen molar-refractivity contribution in [3.8, 4) is 6.07 Å². The summed E-state index contributed by atoms with van der Waals surface area (Å²) in [4.78, 5) is 0. The summed E-state index contributed by atoms with van der Waals surface area (Å²) in [5.74, 6) is -0.957. The quantitative estimate of drug-likeness (QED) is 0.911. The Morgan fingerprint density at radius 2 is 2.32 bits per heavy atom. The summed E-state index contributed by atoms with van der Waals surface area (Å²) in [5, 5.41) is 8.60. The maximum Gasteiger partial charge on any atom is 0.235 e. The minimum Gasteiger partial charge on any atom is -0.377 e. The molecule has 1 aliphatic heterocycles. The molecule has 0 saturated carbocycles. The molecule has 5 nitrogen and oxygen atoms in total. The Bertz CT molecular complexity index is 604. The van der Waals surface area contributed by atoms with Gasteiger partial charge in [0.1, 0.15) is 5.82 Å². The summed E-state index contributed by atoms with van der Waals surface area (Å²) in [6.07, 6.45) is 1.20. The number of rotatable bonds is 4. The monoisotopic (exact) mass is 284 g/mol. The molecule has 0 aromatic heterocycles. The zero-order valence-corrected chi connectivity index (χ0v) is 10.9. The molecule has 0 bridgehead atoms. The van der Waals surface area contributed by atoms with E-state index in [1.165, 1.54) is 12.1 Å². The molecule has 0 aliphatic carbocycles. The summed E-state index contributed by atoms with van der Waals surface area (Å²) in [6.45, 7) is 0.561. The molecule has 1 atom stereocenters. The lowest BCUT2D eigenvalue weighted by atomic mass is 10.2. The van der Waals surface area contributed by atoms with Gasteiger partial charge in [0.25, 0.3) is 0 Å². The molecule has 1 unspecified atom stereocenters. The molecular formula is C12H13FN2O3S. The highest BCUT2D eigenvalue weighted by molar-refractivity contribution is 7.92. The van der Waals surface area contributed by atoms with Crippen LogP contribution >= 0.6 is 0 Å². The third-order valence-corrected chi connectivity index (χ3v) is 4.13. The molecule has 1 fully saturated rings. The van der Waals surface area contributed by atoms with Gasteiger partial charge in [-0.3, -0.25) is 4.72 Å². The predicted molar refractivity (Wildman–Crippen MR) is 67.5 cm³/mol. The van der Waals surface area contributed by atoms with E-state index in [9.17, 15) is 12.8 Å². The van der Waals surface area contributed by atoms with Gasteiger partial charge in [-0.25, -0.2) is 12.8 Å². The van der Waals surface area contributed by atoms with E-state index in [1.54, 1.807) is 6.07 Å². The number of halogens is 1. The van der Waals surface area contributed by atoms with E-state index >= 15 is 0 Å². The molecule has 0 amide bonds. The lowest BCUT2D eigenvalue weighted by molar-refractivity contribution is 0.127. The minimum absolute atomic E-state index is 0.138. The second-order valence-electron chi connectivity index (χ2n) is 4.32. The van der Waals surface area contributed by atoms with Gasteiger partial charge in [0.2, 0.25) is 10.0 Å². The molecule has 19 heavy (non-hydrogen) atoms. The molecule has 1 N–H and O–H groups in total. The van der Waals surface area contributed by atoms with Crippen molar-refractivity contribution in [2.24, 2.45) is 0 Å². The van der Waals surface area contributed by atoms with Crippen LogP contribution in [0.2, 0.25) is 0 Å². The topological polar surface area (TPSA) is 79.2 Å². The lowest BCUT2D eigenvalue weighted by Gasteiger charge is -2.12. The van der Waals surface area contributed by atoms with Crippen molar-refractivity contribution in [1.29, 1.82) is 5.26 Å². The lowest BCUT2D eigenvalue weighted by Crippen LogP contribution is -2.26. The maximum absolute atomic E-state index is 13.6. The molecule has 0 radical (unpaired) electrons. The Kier molecular flexibility index (Phi) is 4.02. The number of sulfonamides is 1. The van der Waals surface area contributed by atoms with Gasteiger partial charge in [0, 0.05) is 6.61 Å². The van der Waals surface area contributed by atoms with Crippen LogP contribution in [-0.2, 0) is 14.8 Å². The van der Waals surface area contributed by atoms with Crippen molar-refractivity contribution in [2.45, 2.75) is 18.9 Å². The number of nitrogens with zero attached hydrogens (tertiary/aromatic N) is 1. The Labute approximate surface area is 111 Å². The van der Waals surface area contributed by atoms with Crippen LogP contribution in [0, 0.1) is 17.1 Å². The molecule has 2 rings (SSSR count). The third-order valence-electron chi connectivity index (χ3n) is 2.79. The van der Waals surface area contributed by atoms with Crippen LogP contribution in [-0.4, -0.2) is 26.9 Å². The first-order valence-corrected chi connectivity index (χ1v) is 7.47. The van der Waals surface area contributed by atoms with Crippen molar-refractivity contribution in [3.63, 3.8) is 0 Å². The minimum atomic E-state index is -3.66. The predicted octanol–water partition coefficient (Wildman–Crippen LogP) is 1.62. The Morgan fingerprint density at radius 1 is 1.53 bits per heavy atom. The van der Waals surface area contributed by atoms with Gasteiger partial charge in [-0.1, -0.05) is 0 Å². The highest BCUT2D eigenvalue weighted by atomic mass is 32.2. The highest BCUT2D eigenvalue weighted by Gasteiger charge is 2.24. The Morgan fingerprint density at radius 3 is 2.89 bits per heavy atom. The average Bonchev–Trinajstić information content (AvgIpc) is 2.83. The van der Waals surface area contributed by atoms with Crippen LogP contribution in [0.5, 0.6) is 0 Å². The van der Waals surface area contributed by atoms with Gasteiger partial charge in [0.15, 0.2) is 0 Å². The van der Waals surface area contributed by atoms with Gasteiger partial charge in [-0.2, -0.15) is 5.26 Å². The summed E-state index contributed by atoms with van der Waals surface area (Å²) in [7, 11) is -3.66. The number of nitrogens with one attached hydrogen (secondary N) is 1. The van der Waals surface area contributed by atoms with E-state index in [0.717, 1.165) is 12.5 Å². The fourth-order valence-electron chi connectivity index (χ4n) is 1.90. The van der Waals surface area contributed by atoms with E-state index in [1.807, 2.05) is 0 Å². The number of anilines is 1. The third kappa shape index (κ3) is 3.66. The molecular weight excluding hydrogens is 271 g/mol. The molecule has 102 valence electrons. The number of hydrogen-bond donors (Lipinski definition) is 1. The first-order valence-electron chi connectivity index (χ1n) is 5.82. The second-order valence-corrected chi connectivity index (χ2v) is 6.09. The van der Waals surface area contributed by atoms with Crippen molar-refractivity contribution in [1.82, 2.24) is 0 Å². The zero-order valence-electron chi connectivity index (χ0n) is 10.1. The molecule has 1 heterocycles. The maximum atomic E-state index is 13.6. The van der Waals surface area contributed by atoms with Crippen LogP contribution < -0.4 is 4.72 Å². The molecule has 0 spiro atoms. The number of hydrogen-bond acceptors (Lipinski definition) is 4. The summed E-state index contributed by atoms with van der Waals surface area (Å²) in [5.41, 5.74) is -0.0171. The van der Waals surface area contributed by atoms with Crippen molar-refractivity contribution < 1.29 is 17.5 Å². The van der Waals surface area contributed by atoms with Crippen molar-refractivity contribution >= 4 is 15.7 Å². The largest absolute Gasteiger partial charge is 0.377 e. The van der Waals surface area contributed by atoms with Gasteiger partial charge in [0.05, 0.1) is 29.2 Å². The van der Waals surface area contributed by atoms with E-state index in [-0.39, 0.29) is 23.1 Å². The van der Waals surface area contributed by atoms with Gasteiger partial charge in [-0.15, -0.1) is 0 Å². The van der Waals surface area contributed by atoms with E-state index in [0.29, 0.717) is 13.0 Å². The van der Waals surface area contributed by atoms with E-state index in [2.05, 4.69) is 4.72 Å². The summed E-state index contributed by atoms with van der Waals surface area (Å²) >= 11 is 0. The van der Waals surface area contributed by atoms with Crippen molar-refractivity contribution in [3.05, 3.63) is 29.6 Å². The zero-order chi connectivity index (χ0) is 13.9.